The Balaban J connectivity index is 1.93. The second-order valence-electron chi connectivity index (χ2n) is 3.81. The van der Waals surface area contributed by atoms with Crippen LogP contribution in [0.1, 0.15) is 17.5 Å². The second-order valence-corrected chi connectivity index (χ2v) is 4.22. The number of aromatic nitrogens is 5. The van der Waals surface area contributed by atoms with Gasteiger partial charge < -0.3 is 10.3 Å². The molecule has 1 aromatic carbocycles. The van der Waals surface area contributed by atoms with E-state index in [-0.39, 0.29) is 5.89 Å². The largest absolute Gasteiger partial charge is 0.337 e. The molecule has 0 saturated carbocycles. The van der Waals surface area contributed by atoms with Gasteiger partial charge in [0, 0.05) is 5.02 Å². The fourth-order valence-corrected chi connectivity index (χ4v) is 1.89. The Kier molecular flexibility index (Phi) is 2.98. The number of hydrogen-bond donors (Lipinski definition) is 2. The molecular weight excluding hydrogens is 268 g/mol. The first-order chi connectivity index (χ1) is 9.25. The fraction of sp³-hybridized carbons (Fsp3) is 0.0909. The third-order valence-electron chi connectivity index (χ3n) is 2.59. The summed E-state index contributed by atoms with van der Waals surface area (Å²) in [7, 11) is 0. The van der Waals surface area contributed by atoms with Crippen molar-refractivity contribution in [3.05, 3.63) is 46.9 Å². The lowest BCUT2D eigenvalue weighted by molar-refractivity contribution is 0.367. The zero-order chi connectivity index (χ0) is 13.2. The highest BCUT2D eigenvalue weighted by molar-refractivity contribution is 6.31. The molecule has 0 fully saturated rings. The van der Waals surface area contributed by atoms with Crippen LogP contribution in [-0.4, -0.2) is 25.6 Å². The maximum Gasteiger partial charge on any atom is 0.248 e. The molecule has 0 saturated heterocycles. The number of H-pyrrole nitrogens is 1. The zero-order valence-corrected chi connectivity index (χ0v) is 10.4. The lowest BCUT2D eigenvalue weighted by atomic mass is 10.1. The summed E-state index contributed by atoms with van der Waals surface area (Å²) < 4.78 is 5.13. The molecule has 0 aliphatic carbocycles. The van der Waals surface area contributed by atoms with Gasteiger partial charge in [-0.1, -0.05) is 35.0 Å². The van der Waals surface area contributed by atoms with Crippen molar-refractivity contribution in [1.29, 1.82) is 0 Å². The van der Waals surface area contributed by atoms with Gasteiger partial charge in [-0.2, -0.15) is 20.4 Å². The molecule has 0 aliphatic rings. The zero-order valence-electron chi connectivity index (χ0n) is 9.62. The van der Waals surface area contributed by atoms with Crippen LogP contribution in [0.3, 0.4) is 0 Å². The van der Waals surface area contributed by atoms with Crippen molar-refractivity contribution in [1.82, 2.24) is 25.6 Å². The molecule has 7 nitrogen and oxygen atoms in total. The number of aromatic amines is 1. The highest BCUT2D eigenvalue weighted by Crippen LogP contribution is 2.26. The molecule has 0 spiro atoms. The summed E-state index contributed by atoms with van der Waals surface area (Å²) in [6, 6.07) is 6.66. The predicted molar refractivity (Wildman–Crippen MR) is 67.2 cm³/mol. The SMILES string of the molecule is N[C@@H](c1nc(-c2cn[nH]n2)no1)c1ccccc1Cl. The number of nitrogens with one attached hydrogen (secondary N) is 1. The summed E-state index contributed by atoms with van der Waals surface area (Å²) in [5.74, 6) is 0.595. The molecule has 8 heteroatoms. The Hall–Kier alpha value is -2.25. The number of nitrogens with two attached hydrogens (primary N) is 1. The lowest BCUT2D eigenvalue weighted by Crippen LogP contribution is -2.12. The molecule has 2 heterocycles. The number of benzene rings is 1. The van der Waals surface area contributed by atoms with Gasteiger partial charge >= 0.3 is 0 Å². The van der Waals surface area contributed by atoms with Crippen molar-refractivity contribution in [2.24, 2.45) is 5.73 Å². The molecule has 19 heavy (non-hydrogen) atoms. The molecule has 3 aromatic rings. The van der Waals surface area contributed by atoms with Gasteiger partial charge in [0.25, 0.3) is 0 Å². The molecule has 0 radical (unpaired) electrons. The van der Waals surface area contributed by atoms with E-state index in [0.717, 1.165) is 5.56 Å². The van der Waals surface area contributed by atoms with Crippen LogP contribution in [-0.2, 0) is 0 Å². The van der Waals surface area contributed by atoms with E-state index in [2.05, 4.69) is 25.6 Å². The molecule has 2 aromatic heterocycles. The van der Waals surface area contributed by atoms with Gasteiger partial charge in [-0.15, -0.1) is 0 Å². The highest BCUT2D eigenvalue weighted by Gasteiger charge is 2.20. The minimum atomic E-state index is -0.582. The van der Waals surface area contributed by atoms with Crippen LogP contribution in [0.25, 0.3) is 11.5 Å². The summed E-state index contributed by atoms with van der Waals surface area (Å²) in [6.45, 7) is 0. The normalized spacial score (nSPS) is 12.5. The monoisotopic (exact) mass is 276 g/mol. The second kappa shape index (κ2) is 4.79. The van der Waals surface area contributed by atoms with E-state index in [1.807, 2.05) is 18.2 Å². The molecule has 3 rings (SSSR count). The molecule has 0 aliphatic heterocycles. The summed E-state index contributed by atoms with van der Waals surface area (Å²) in [5, 5.41) is 14.4. The number of rotatable bonds is 3. The van der Waals surface area contributed by atoms with Crippen LogP contribution in [0.15, 0.2) is 35.0 Å². The van der Waals surface area contributed by atoms with E-state index in [0.29, 0.717) is 16.5 Å². The van der Waals surface area contributed by atoms with Crippen molar-refractivity contribution in [3.8, 4) is 11.5 Å². The van der Waals surface area contributed by atoms with Gasteiger partial charge in [0.05, 0.1) is 6.20 Å². The minimum absolute atomic E-state index is 0.270. The Labute approximate surface area is 112 Å². The van der Waals surface area contributed by atoms with Gasteiger partial charge in [0.15, 0.2) is 5.69 Å². The van der Waals surface area contributed by atoms with Gasteiger partial charge in [-0.05, 0) is 11.6 Å². The molecule has 0 amide bonds. The summed E-state index contributed by atoms with van der Waals surface area (Å²) in [5.41, 5.74) is 7.27. The fourth-order valence-electron chi connectivity index (χ4n) is 1.64. The van der Waals surface area contributed by atoms with Gasteiger partial charge in [0.1, 0.15) is 6.04 Å². The first kappa shape index (κ1) is 11.8. The van der Waals surface area contributed by atoms with Crippen LogP contribution in [0.4, 0.5) is 0 Å². The van der Waals surface area contributed by atoms with Crippen LogP contribution >= 0.6 is 11.6 Å². The lowest BCUT2D eigenvalue weighted by Gasteiger charge is -2.08. The molecule has 3 N–H and O–H groups in total. The Morgan fingerprint density at radius 3 is 2.89 bits per heavy atom. The maximum atomic E-state index is 6.08. The first-order valence-electron chi connectivity index (χ1n) is 5.45. The van der Waals surface area contributed by atoms with Crippen molar-refractivity contribution in [3.63, 3.8) is 0 Å². The standard InChI is InChI=1S/C11H9ClN6O/c12-7-4-2-1-3-6(7)9(13)11-15-10(17-19-11)8-5-14-18-16-8/h1-5,9H,13H2,(H,14,16,18)/t9-/m1/s1. The summed E-state index contributed by atoms with van der Waals surface area (Å²) in [4.78, 5) is 4.19. The van der Waals surface area contributed by atoms with Crippen LogP contribution in [0.5, 0.6) is 0 Å². The third-order valence-corrected chi connectivity index (χ3v) is 2.94. The van der Waals surface area contributed by atoms with Gasteiger partial charge in [-0.25, -0.2) is 0 Å². The number of nitrogens with zero attached hydrogens (tertiary/aromatic N) is 4. The third kappa shape index (κ3) is 2.20. The molecular formula is C11H9ClN6O. The number of hydrogen-bond acceptors (Lipinski definition) is 6. The van der Waals surface area contributed by atoms with E-state index < -0.39 is 6.04 Å². The molecule has 1 atom stereocenters. The molecule has 0 bridgehead atoms. The Bertz CT molecular complexity index is 680. The van der Waals surface area contributed by atoms with Crippen LogP contribution < -0.4 is 5.73 Å². The predicted octanol–water partition coefficient (Wildman–Crippen LogP) is 1.56. The van der Waals surface area contributed by atoms with Gasteiger partial charge in [-0.3, -0.25) is 0 Å². The Morgan fingerprint density at radius 2 is 2.16 bits per heavy atom. The maximum absolute atomic E-state index is 6.08. The first-order valence-corrected chi connectivity index (χ1v) is 5.83. The van der Waals surface area contributed by atoms with Crippen molar-refractivity contribution < 1.29 is 4.52 Å². The smallest absolute Gasteiger partial charge is 0.248 e. The summed E-state index contributed by atoms with van der Waals surface area (Å²) in [6.07, 6.45) is 1.50. The summed E-state index contributed by atoms with van der Waals surface area (Å²) >= 11 is 6.08. The molecule has 96 valence electrons. The topological polar surface area (TPSA) is 107 Å². The van der Waals surface area contributed by atoms with E-state index in [1.54, 1.807) is 6.07 Å². The van der Waals surface area contributed by atoms with E-state index >= 15 is 0 Å². The Morgan fingerprint density at radius 1 is 1.32 bits per heavy atom. The van der Waals surface area contributed by atoms with Crippen molar-refractivity contribution in [2.45, 2.75) is 6.04 Å². The number of halogens is 1. The average molecular weight is 277 g/mol. The van der Waals surface area contributed by atoms with Crippen molar-refractivity contribution in [2.75, 3.05) is 0 Å². The van der Waals surface area contributed by atoms with Crippen molar-refractivity contribution >= 4 is 11.6 Å². The average Bonchev–Trinajstić information content (AvgIpc) is 3.09. The molecule has 0 unspecified atom stereocenters. The minimum Gasteiger partial charge on any atom is -0.337 e. The van der Waals surface area contributed by atoms with E-state index in [1.165, 1.54) is 6.20 Å². The highest BCUT2D eigenvalue weighted by atomic mass is 35.5. The van der Waals surface area contributed by atoms with E-state index in [9.17, 15) is 0 Å². The van der Waals surface area contributed by atoms with Crippen LogP contribution in [0, 0.1) is 0 Å². The van der Waals surface area contributed by atoms with E-state index in [4.69, 9.17) is 21.9 Å². The van der Waals surface area contributed by atoms with Crippen LogP contribution in [0.2, 0.25) is 5.02 Å². The van der Waals surface area contributed by atoms with Gasteiger partial charge in [0.2, 0.25) is 11.7 Å². The quantitative estimate of drug-likeness (QED) is 0.752.